The van der Waals surface area contributed by atoms with Crippen molar-refractivity contribution < 1.29 is 14.6 Å². The van der Waals surface area contributed by atoms with Crippen molar-refractivity contribution in [2.24, 2.45) is 5.73 Å². The normalized spacial score (nSPS) is 12.3. The Kier molecular flexibility index (Phi) is 4.73. The van der Waals surface area contributed by atoms with Crippen LogP contribution in [0.5, 0.6) is 5.75 Å². The van der Waals surface area contributed by atoms with Crippen LogP contribution in [-0.2, 0) is 4.79 Å². The van der Waals surface area contributed by atoms with Gasteiger partial charge in [0.2, 0.25) is 0 Å². The van der Waals surface area contributed by atoms with E-state index in [-0.39, 0.29) is 12.5 Å². The van der Waals surface area contributed by atoms with Crippen molar-refractivity contribution in [2.45, 2.75) is 39.7 Å². The Bertz CT molecular complexity index is 455. The van der Waals surface area contributed by atoms with E-state index in [4.69, 9.17) is 15.6 Å². The van der Waals surface area contributed by atoms with E-state index in [2.05, 4.69) is 0 Å². The lowest BCUT2D eigenvalue weighted by Gasteiger charge is -2.20. The minimum atomic E-state index is -0.814. The fraction of sp³-hybridized carbons (Fsp3) is 0.500. The highest BCUT2D eigenvalue weighted by atomic mass is 16.5. The molecule has 0 fully saturated rings. The predicted octanol–water partition coefficient (Wildman–Crippen LogP) is 2.49. The minimum absolute atomic E-state index is 0.0884. The van der Waals surface area contributed by atoms with Crippen LogP contribution in [0, 0.1) is 20.8 Å². The average molecular weight is 251 g/mol. The third-order valence-electron chi connectivity index (χ3n) is 3.37. The van der Waals surface area contributed by atoms with Gasteiger partial charge in [0.15, 0.2) is 0 Å². The van der Waals surface area contributed by atoms with Gasteiger partial charge in [0, 0.05) is 12.5 Å². The highest BCUT2D eigenvalue weighted by molar-refractivity contribution is 5.66. The van der Waals surface area contributed by atoms with Gasteiger partial charge < -0.3 is 15.6 Å². The van der Waals surface area contributed by atoms with Crippen LogP contribution < -0.4 is 10.5 Å². The average Bonchev–Trinajstić information content (AvgIpc) is 2.31. The number of hydrogen-bond donors (Lipinski definition) is 2. The molecule has 3 N–H and O–H groups in total. The van der Waals surface area contributed by atoms with Crippen LogP contribution in [0.15, 0.2) is 6.07 Å². The summed E-state index contributed by atoms with van der Waals surface area (Å²) in [4.78, 5) is 10.6. The Morgan fingerprint density at radius 3 is 2.50 bits per heavy atom. The molecule has 1 aromatic rings. The zero-order chi connectivity index (χ0) is 13.9. The van der Waals surface area contributed by atoms with E-state index in [1.54, 1.807) is 7.11 Å². The van der Waals surface area contributed by atoms with E-state index < -0.39 is 5.97 Å². The second-order valence-corrected chi connectivity index (χ2v) is 4.60. The zero-order valence-electron chi connectivity index (χ0n) is 11.4. The molecule has 0 amide bonds. The van der Waals surface area contributed by atoms with E-state index in [0.717, 1.165) is 28.0 Å². The molecule has 0 aliphatic carbocycles. The monoisotopic (exact) mass is 251 g/mol. The number of methoxy groups -OCH3 is 1. The van der Waals surface area contributed by atoms with Crippen molar-refractivity contribution in [3.63, 3.8) is 0 Å². The van der Waals surface area contributed by atoms with Crippen molar-refractivity contribution in [3.8, 4) is 5.75 Å². The van der Waals surface area contributed by atoms with Gasteiger partial charge in [0.25, 0.3) is 0 Å². The molecular weight excluding hydrogens is 230 g/mol. The summed E-state index contributed by atoms with van der Waals surface area (Å²) in [5, 5.41) is 8.71. The highest BCUT2D eigenvalue weighted by Crippen LogP contribution is 2.31. The third kappa shape index (κ3) is 3.01. The number of carboxylic acids is 1. The largest absolute Gasteiger partial charge is 0.496 e. The topological polar surface area (TPSA) is 72.5 Å². The second kappa shape index (κ2) is 5.87. The number of hydrogen-bond acceptors (Lipinski definition) is 3. The molecule has 1 unspecified atom stereocenters. The first kappa shape index (κ1) is 14.5. The van der Waals surface area contributed by atoms with Crippen molar-refractivity contribution in [2.75, 3.05) is 7.11 Å². The number of nitrogens with two attached hydrogens (primary N) is 1. The molecule has 0 radical (unpaired) electrons. The second-order valence-electron chi connectivity index (χ2n) is 4.60. The molecule has 0 aromatic heterocycles. The first-order chi connectivity index (χ1) is 8.38. The van der Waals surface area contributed by atoms with E-state index in [1.807, 2.05) is 26.8 Å². The molecule has 0 saturated heterocycles. The van der Waals surface area contributed by atoms with E-state index >= 15 is 0 Å². The molecule has 4 nitrogen and oxygen atoms in total. The fourth-order valence-electron chi connectivity index (χ4n) is 2.27. The van der Waals surface area contributed by atoms with Gasteiger partial charge in [-0.05, 0) is 55.5 Å². The van der Waals surface area contributed by atoms with Crippen LogP contribution in [-0.4, -0.2) is 18.2 Å². The number of benzene rings is 1. The van der Waals surface area contributed by atoms with Gasteiger partial charge in [-0.2, -0.15) is 0 Å². The SMILES string of the molecule is COc1cc(C)c(C(N)CCC(=O)O)c(C)c1C. The van der Waals surface area contributed by atoms with Crippen molar-refractivity contribution in [1.29, 1.82) is 0 Å². The fourth-order valence-corrected chi connectivity index (χ4v) is 2.27. The lowest BCUT2D eigenvalue weighted by molar-refractivity contribution is -0.137. The van der Waals surface area contributed by atoms with Crippen LogP contribution in [0.25, 0.3) is 0 Å². The van der Waals surface area contributed by atoms with Crippen molar-refractivity contribution in [1.82, 2.24) is 0 Å². The van der Waals surface area contributed by atoms with Gasteiger partial charge >= 0.3 is 5.97 Å². The molecule has 0 heterocycles. The molecule has 0 aliphatic heterocycles. The van der Waals surface area contributed by atoms with Crippen molar-refractivity contribution >= 4 is 5.97 Å². The van der Waals surface area contributed by atoms with E-state index in [9.17, 15) is 4.79 Å². The molecule has 0 aliphatic rings. The number of carboxylic acid groups (broad SMARTS) is 1. The predicted molar refractivity (Wildman–Crippen MR) is 71.0 cm³/mol. The maximum Gasteiger partial charge on any atom is 0.303 e. The highest BCUT2D eigenvalue weighted by Gasteiger charge is 2.17. The molecule has 1 atom stereocenters. The van der Waals surface area contributed by atoms with Gasteiger partial charge in [0.1, 0.15) is 5.75 Å². The Morgan fingerprint density at radius 2 is 2.00 bits per heavy atom. The Morgan fingerprint density at radius 1 is 1.39 bits per heavy atom. The number of ether oxygens (including phenoxy) is 1. The summed E-state index contributed by atoms with van der Waals surface area (Å²) in [6, 6.07) is 1.71. The molecule has 4 heteroatoms. The van der Waals surface area contributed by atoms with Gasteiger partial charge in [-0.25, -0.2) is 0 Å². The Balaban J connectivity index is 3.09. The third-order valence-corrected chi connectivity index (χ3v) is 3.37. The number of carbonyl (C=O) groups is 1. The molecule has 0 saturated carbocycles. The quantitative estimate of drug-likeness (QED) is 0.843. The van der Waals surface area contributed by atoms with E-state index in [1.165, 1.54) is 0 Å². The molecular formula is C14H21NO3. The maximum absolute atomic E-state index is 10.6. The van der Waals surface area contributed by atoms with Gasteiger partial charge in [0.05, 0.1) is 7.11 Å². The maximum atomic E-state index is 10.6. The summed E-state index contributed by atoms with van der Waals surface area (Å²) in [6.45, 7) is 5.97. The standard InChI is InChI=1S/C14H21NO3/c1-8-7-12(18-4)9(2)10(3)14(8)11(15)5-6-13(16)17/h7,11H,5-6,15H2,1-4H3,(H,16,17). The van der Waals surface area contributed by atoms with Crippen LogP contribution in [0.1, 0.15) is 41.1 Å². The van der Waals surface area contributed by atoms with Gasteiger partial charge in [-0.3, -0.25) is 4.79 Å². The molecule has 18 heavy (non-hydrogen) atoms. The Labute approximate surface area is 108 Å². The number of aliphatic carboxylic acids is 1. The zero-order valence-corrected chi connectivity index (χ0v) is 11.4. The first-order valence-electron chi connectivity index (χ1n) is 6.00. The van der Waals surface area contributed by atoms with Crippen LogP contribution in [0.4, 0.5) is 0 Å². The van der Waals surface area contributed by atoms with Gasteiger partial charge in [-0.1, -0.05) is 0 Å². The van der Waals surface area contributed by atoms with E-state index in [0.29, 0.717) is 6.42 Å². The summed E-state index contributed by atoms with van der Waals surface area (Å²) in [5.74, 6) is 0.0326. The molecule has 0 bridgehead atoms. The summed E-state index contributed by atoms with van der Waals surface area (Å²) in [7, 11) is 1.64. The molecule has 100 valence electrons. The number of aryl methyl sites for hydroxylation is 1. The molecule has 1 aromatic carbocycles. The minimum Gasteiger partial charge on any atom is -0.496 e. The smallest absolute Gasteiger partial charge is 0.303 e. The summed E-state index contributed by atoms with van der Waals surface area (Å²) < 4.78 is 5.30. The first-order valence-corrected chi connectivity index (χ1v) is 6.00. The summed E-state index contributed by atoms with van der Waals surface area (Å²) in [6.07, 6.45) is 0.536. The van der Waals surface area contributed by atoms with Gasteiger partial charge in [-0.15, -0.1) is 0 Å². The summed E-state index contributed by atoms with van der Waals surface area (Å²) >= 11 is 0. The molecule has 1 rings (SSSR count). The van der Waals surface area contributed by atoms with Crippen LogP contribution >= 0.6 is 0 Å². The lowest BCUT2D eigenvalue weighted by Crippen LogP contribution is -2.16. The lowest BCUT2D eigenvalue weighted by atomic mass is 9.90. The van der Waals surface area contributed by atoms with Crippen LogP contribution in [0.3, 0.4) is 0 Å². The van der Waals surface area contributed by atoms with Crippen LogP contribution in [0.2, 0.25) is 0 Å². The number of rotatable bonds is 5. The summed E-state index contributed by atoms with van der Waals surface area (Å²) in [5.41, 5.74) is 10.3. The Hall–Kier alpha value is -1.55. The molecule has 0 spiro atoms. The van der Waals surface area contributed by atoms with Crippen molar-refractivity contribution in [3.05, 3.63) is 28.3 Å².